The maximum Gasteiger partial charge on any atom is 0.0788 e. The Kier molecular flexibility index (Phi) is 3.68. The van der Waals surface area contributed by atoms with Crippen LogP contribution in [0.2, 0.25) is 0 Å². The maximum atomic E-state index is 5.11. The largest absolute Gasteiger partial charge is 0.247 e. The van der Waals surface area contributed by atoms with Crippen LogP contribution in [0.4, 0.5) is 0 Å². The SMILES string of the molecule is Brc1cc2c(-c3ccc4ccccc4c3)nc3ccccc3c2c2ccccc12. The van der Waals surface area contributed by atoms with Crippen molar-refractivity contribution in [2.75, 3.05) is 0 Å². The van der Waals surface area contributed by atoms with Crippen molar-refractivity contribution in [2.24, 2.45) is 0 Å². The zero-order chi connectivity index (χ0) is 19.4. The van der Waals surface area contributed by atoms with Crippen LogP contribution in [-0.2, 0) is 0 Å². The number of nitrogens with zero attached hydrogens (tertiary/aromatic N) is 1. The van der Waals surface area contributed by atoms with Crippen LogP contribution in [-0.4, -0.2) is 4.98 Å². The smallest absolute Gasteiger partial charge is 0.0788 e. The first kappa shape index (κ1) is 16.7. The minimum absolute atomic E-state index is 1.02. The summed E-state index contributed by atoms with van der Waals surface area (Å²) >= 11 is 3.80. The van der Waals surface area contributed by atoms with E-state index >= 15 is 0 Å². The van der Waals surface area contributed by atoms with E-state index in [1.165, 1.54) is 37.7 Å². The molecule has 0 saturated heterocycles. The first-order valence-corrected chi connectivity index (χ1v) is 10.5. The molecule has 1 nitrogen and oxygen atoms in total. The summed E-state index contributed by atoms with van der Waals surface area (Å²) in [5.74, 6) is 0. The monoisotopic (exact) mass is 433 g/mol. The molecule has 6 rings (SSSR count). The zero-order valence-corrected chi connectivity index (χ0v) is 17.1. The molecule has 1 heterocycles. The number of fused-ring (bicyclic) bond motifs is 6. The number of para-hydroxylation sites is 1. The number of aromatic nitrogens is 1. The Morgan fingerprint density at radius 2 is 1.24 bits per heavy atom. The second-order valence-electron chi connectivity index (χ2n) is 7.37. The van der Waals surface area contributed by atoms with Gasteiger partial charge >= 0.3 is 0 Å². The van der Waals surface area contributed by atoms with Gasteiger partial charge in [-0.3, -0.25) is 0 Å². The van der Waals surface area contributed by atoms with Gasteiger partial charge in [-0.05, 0) is 39.7 Å². The van der Waals surface area contributed by atoms with Gasteiger partial charge in [0.1, 0.15) is 0 Å². The van der Waals surface area contributed by atoms with E-state index in [9.17, 15) is 0 Å². The number of rotatable bonds is 1. The summed E-state index contributed by atoms with van der Waals surface area (Å²) in [4.78, 5) is 5.11. The van der Waals surface area contributed by atoms with Gasteiger partial charge in [-0.15, -0.1) is 0 Å². The normalized spacial score (nSPS) is 11.6. The van der Waals surface area contributed by atoms with Crippen molar-refractivity contribution in [3.63, 3.8) is 0 Å². The molecule has 0 radical (unpaired) electrons. The van der Waals surface area contributed by atoms with Gasteiger partial charge in [0.05, 0.1) is 11.2 Å². The van der Waals surface area contributed by atoms with E-state index in [-0.39, 0.29) is 0 Å². The topological polar surface area (TPSA) is 12.9 Å². The molecule has 0 aliphatic carbocycles. The highest BCUT2D eigenvalue weighted by Crippen LogP contribution is 2.40. The average Bonchev–Trinajstić information content (AvgIpc) is 2.78. The predicted octanol–water partition coefficient (Wildman–Crippen LogP) is 8.12. The molecule has 0 fully saturated rings. The van der Waals surface area contributed by atoms with Crippen molar-refractivity contribution in [3.05, 3.63) is 102 Å². The molecule has 0 N–H and O–H groups in total. The number of hydrogen-bond acceptors (Lipinski definition) is 1. The molecular formula is C27H16BrN. The summed E-state index contributed by atoms with van der Waals surface area (Å²) in [6.07, 6.45) is 0. The van der Waals surface area contributed by atoms with Gasteiger partial charge in [0.2, 0.25) is 0 Å². The molecule has 136 valence electrons. The van der Waals surface area contributed by atoms with Crippen molar-refractivity contribution >= 4 is 59.2 Å². The molecule has 0 atom stereocenters. The number of pyridine rings is 1. The number of halogens is 1. The quantitative estimate of drug-likeness (QED) is 0.238. The summed E-state index contributed by atoms with van der Waals surface area (Å²) in [6.45, 7) is 0. The van der Waals surface area contributed by atoms with E-state index < -0.39 is 0 Å². The fourth-order valence-electron chi connectivity index (χ4n) is 4.33. The predicted molar refractivity (Wildman–Crippen MR) is 127 cm³/mol. The molecule has 0 bridgehead atoms. The first-order valence-electron chi connectivity index (χ1n) is 9.68. The molecule has 0 unspecified atom stereocenters. The lowest BCUT2D eigenvalue weighted by Crippen LogP contribution is -1.91. The third kappa shape index (κ3) is 2.56. The Morgan fingerprint density at radius 1 is 0.552 bits per heavy atom. The Labute approximate surface area is 176 Å². The van der Waals surface area contributed by atoms with Crippen LogP contribution in [0.25, 0.3) is 54.5 Å². The van der Waals surface area contributed by atoms with Gasteiger partial charge in [0.25, 0.3) is 0 Å². The fraction of sp³-hybridized carbons (Fsp3) is 0. The van der Waals surface area contributed by atoms with Crippen LogP contribution in [0.5, 0.6) is 0 Å². The number of hydrogen-bond donors (Lipinski definition) is 0. The molecule has 0 aliphatic rings. The van der Waals surface area contributed by atoms with Gasteiger partial charge in [0.15, 0.2) is 0 Å². The van der Waals surface area contributed by atoms with Crippen LogP contribution in [0.3, 0.4) is 0 Å². The minimum atomic E-state index is 1.02. The second-order valence-corrected chi connectivity index (χ2v) is 8.22. The van der Waals surface area contributed by atoms with Crippen LogP contribution < -0.4 is 0 Å². The Balaban J connectivity index is 1.82. The average molecular weight is 434 g/mol. The molecule has 1 aromatic heterocycles. The third-order valence-electron chi connectivity index (χ3n) is 5.68. The van der Waals surface area contributed by atoms with Gasteiger partial charge in [-0.2, -0.15) is 0 Å². The highest BCUT2D eigenvalue weighted by atomic mass is 79.9. The summed E-state index contributed by atoms with van der Waals surface area (Å²) in [7, 11) is 0. The van der Waals surface area contributed by atoms with E-state index in [4.69, 9.17) is 4.98 Å². The summed E-state index contributed by atoms with van der Waals surface area (Å²) < 4.78 is 1.10. The Hall–Kier alpha value is -3.23. The molecule has 0 saturated carbocycles. The molecule has 0 amide bonds. The van der Waals surface area contributed by atoms with Crippen LogP contribution >= 0.6 is 15.9 Å². The standard InChI is InChI=1S/C27H16BrN/c28-24-16-23-26(21-10-4-3-9-20(21)24)22-11-5-6-12-25(22)29-27(23)19-14-13-17-7-1-2-8-18(17)15-19/h1-16H. The van der Waals surface area contributed by atoms with Crippen molar-refractivity contribution in [2.45, 2.75) is 0 Å². The van der Waals surface area contributed by atoms with E-state index in [1.807, 2.05) is 0 Å². The highest BCUT2D eigenvalue weighted by Gasteiger charge is 2.15. The highest BCUT2D eigenvalue weighted by molar-refractivity contribution is 9.10. The first-order chi connectivity index (χ1) is 14.3. The molecule has 2 heteroatoms. The Bertz CT molecular complexity index is 1570. The van der Waals surface area contributed by atoms with Gasteiger partial charge in [-0.1, -0.05) is 94.8 Å². The summed E-state index contributed by atoms with van der Waals surface area (Å²) in [6, 6.07) is 34.3. The Morgan fingerprint density at radius 3 is 2.10 bits per heavy atom. The fourth-order valence-corrected chi connectivity index (χ4v) is 4.90. The van der Waals surface area contributed by atoms with E-state index in [0.717, 1.165) is 21.2 Å². The molecule has 6 aromatic rings. The van der Waals surface area contributed by atoms with E-state index in [0.29, 0.717) is 0 Å². The molecule has 0 aliphatic heterocycles. The van der Waals surface area contributed by atoms with Crippen LogP contribution in [0.15, 0.2) is 102 Å². The van der Waals surface area contributed by atoms with Gasteiger partial charge in [-0.25, -0.2) is 4.98 Å². The van der Waals surface area contributed by atoms with Crippen molar-refractivity contribution in [1.82, 2.24) is 4.98 Å². The van der Waals surface area contributed by atoms with Crippen LogP contribution in [0, 0.1) is 0 Å². The van der Waals surface area contributed by atoms with Gasteiger partial charge in [0, 0.05) is 26.2 Å². The van der Waals surface area contributed by atoms with Crippen molar-refractivity contribution < 1.29 is 0 Å². The summed E-state index contributed by atoms with van der Waals surface area (Å²) in [5.41, 5.74) is 3.19. The lowest BCUT2D eigenvalue weighted by molar-refractivity contribution is 1.43. The molecular weight excluding hydrogens is 418 g/mol. The van der Waals surface area contributed by atoms with Crippen LogP contribution in [0.1, 0.15) is 0 Å². The van der Waals surface area contributed by atoms with E-state index in [1.54, 1.807) is 0 Å². The number of benzene rings is 5. The molecule has 5 aromatic carbocycles. The minimum Gasteiger partial charge on any atom is -0.247 e. The molecule has 0 spiro atoms. The van der Waals surface area contributed by atoms with Crippen molar-refractivity contribution in [3.8, 4) is 11.3 Å². The lowest BCUT2D eigenvalue weighted by Gasteiger charge is -2.14. The zero-order valence-electron chi connectivity index (χ0n) is 15.6. The van der Waals surface area contributed by atoms with E-state index in [2.05, 4.69) is 113 Å². The second kappa shape index (κ2) is 6.40. The lowest BCUT2D eigenvalue weighted by atomic mass is 9.94. The summed E-state index contributed by atoms with van der Waals surface area (Å²) in [5, 5.41) is 8.57. The van der Waals surface area contributed by atoms with Gasteiger partial charge < -0.3 is 0 Å². The molecule has 29 heavy (non-hydrogen) atoms. The third-order valence-corrected chi connectivity index (χ3v) is 6.33. The van der Waals surface area contributed by atoms with Crippen molar-refractivity contribution in [1.29, 1.82) is 0 Å². The maximum absolute atomic E-state index is 5.11.